The van der Waals surface area contributed by atoms with Crippen molar-refractivity contribution in [2.24, 2.45) is 0 Å². The van der Waals surface area contributed by atoms with Crippen LogP contribution < -0.4 is 5.32 Å². The van der Waals surface area contributed by atoms with Crippen LogP contribution in [0, 0.1) is 6.92 Å². The molecule has 0 radical (unpaired) electrons. The third-order valence-electron chi connectivity index (χ3n) is 2.67. The second kappa shape index (κ2) is 6.95. The maximum absolute atomic E-state index is 11.9. The quantitative estimate of drug-likeness (QED) is 0.843. The van der Waals surface area contributed by atoms with Gasteiger partial charge in [-0.2, -0.15) is 0 Å². The molecule has 0 heterocycles. The number of nitrogens with zero attached hydrogens (tertiary/aromatic N) is 1. The average Bonchev–Trinajstić information content (AvgIpc) is 2.34. The van der Waals surface area contributed by atoms with Crippen LogP contribution >= 0.6 is 11.6 Å². The molecular formula is C14H17ClN2O2. The van der Waals surface area contributed by atoms with E-state index in [1.165, 1.54) is 11.8 Å². The fourth-order valence-electron chi connectivity index (χ4n) is 1.57. The summed E-state index contributed by atoms with van der Waals surface area (Å²) in [4.78, 5) is 24.6. The Morgan fingerprint density at radius 1 is 1.47 bits per heavy atom. The lowest BCUT2D eigenvalue weighted by atomic mass is 10.2. The van der Waals surface area contributed by atoms with Gasteiger partial charge in [-0.15, -0.1) is 6.58 Å². The average molecular weight is 281 g/mol. The topological polar surface area (TPSA) is 49.4 Å². The van der Waals surface area contributed by atoms with Gasteiger partial charge in [-0.05, 0) is 24.6 Å². The third kappa shape index (κ3) is 4.41. The molecule has 1 N–H and O–H groups in total. The summed E-state index contributed by atoms with van der Waals surface area (Å²) in [5, 5.41) is 3.33. The zero-order valence-electron chi connectivity index (χ0n) is 11.1. The standard InChI is InChI=1S/C14H17ClN2O2/c1-4-8-17(11(3)18)9-14(19)16-13-7-5-6-12(15)10(13)2/h4-7H,1,8-9H2,2-3H3,(H,16,19). The smallest absolute Gasteiger partial charge is 0.244 e. The highest BCUT2D eigenvalue weighted by Crippen LogP contribution is 2.22. The van der Waals surface area contributed by atoms with Crippen molar-refractivity contribution in [1.82, 2.24) is 4.90 Å². The van der Waals surface area contributed by atoms with Gasteiger partial charge < -0.3 is 10.2 Å². The molecule has 0 aliphatic rings. The Kier molecular flexibility index (Phi) is 5.57. The van der Waals surface area contributed by atoms with Crippen molar-refractivity contribution in [2.75, 3.05) is 18.4 Å². The molecule has 0 saturated carbocycles. The molecule has 0 atom stereocenters. The van der Waals surface area contributed by atoms with E-state index in [0.29, 0.717) is 17.3 Å². The van der Waals surface area contributed by atoms with E-state index in [9.17, 15) is 9.59 Å². The van der Waals surface area contributed by atoms with Gasteiger partial charge in [0.05, 0.1) is 0 Å². The Hall–Kier alpha value is -1.81. The minimum Gasteiger partial charge on any atom is -0.330 e. The minimum atomic E-state index is -0.262. The zero-order valence-corrected chi connectivity index (χ0v) is 11.8. The van der Waals surface area contributed by atoms with E-state index in [1.807, 2.05) is 6.92 Å². The molecule has 0 aliphatic heterocycles. The second-order valence-electron chi connectivity index (χ2n) is 4.15. The van der Waals surface area contributed by atoms with Crippen LogP contribution in [-0.4, -0.2) is 29.8 Å². The van der Waals surface area contributed by atoms with Gasteiger partial charge in [0.2, 0.25) is 11.8 Å². The Morgan fingerprint density at radius 2 is 2.16 bits per heavy atom. The molecule has 0 bridgehead atoms. The predicted octanol–water partition coefficient (Wildman–Crippen LogP) is 2.62. The number of anilines is 1. The summed E-state index contributed by atoms with van der Waals surface area (Å²) < 4.78 is 0. The van der Waals surface area contributed by atoms with E-state index in [0.717, 1.165) is 5.56 Å². The number of nitrogens with one attached hydrogen (secondary N) is 1. The van der Waals surface area contributed by atoms with Crippen molar-refractivity contribution in [2.45, 2.75) is 13.8 Å². The lowest BCUT2D eigenvalue weighted by Crippen LogP contribution is -2.36. The molecule has 0 aromatic heterocycles. The van der Waals surface area contributed by atoms with Crippen LogP contribution in [0.1, 0.15) is 12.5 Å². The number of hydrogen-bond acceptors (Lipinski definition) is 2. The number of amides is 2. The lowest BCUT2D eigenvalue weighted by molar-refractivity contribution is -0.132. The Balaban J connectivity index is 2.71. The molecule has 0 saturated heterocycles. The molecule has 0 spiro atoms. The van der Waals surface area contributed by atoms with Gasteiger partial charge in [0.25, 0.3) is 0 Å². The minimum absolute atomic E-state index is 0.00664. The van der Waals surface area contributed by atoms with Gasteiger partial charge >= 0.3 is 0 Å². The van der Waals surface area contributed by atoms with E-state index in [2.05, 4.69) is 11.9 Å². The van der Waals surface area contributed by atoms with Crippen molar-refractivity contribution in [3.05, 3.63) is 41.4 Å². The van der Waals surface area contributed by atoms with Crippen LogP contribution in [0.4, 0.5) is 5.69 Å². The summed E-state index contributed by atoms with van der Waals surface area (Å²) in [5.74, 6) is -0.430. The van der Waals surface area contributed by atoms with Gasteiger partial charge in [-0.3, -0.25) is 9.59 Å². The van der Waals surface area contributed by atoms with Gasteiger partial charge in [-0.1, -0.05) is 23.7 Å². The summed E-state index contributed by atoms with van der Waals surface area (Å²) >= 11 is 5.97. The van der Waals surface area contributed by atoms with Crippen molar-refractivity contribution < 1.29 is 9.59 Å². The molecule has 0 fully saturated rings. The van der Waals surface area contributed by atoms with Gasteiger partial charge in [0, 0.05) is 24.2 Å². The summed E-state index contributed by atoms with van der Waals surface area (Å²) in [6.45, 7) is 7.14. The molecule has 102 valence electrons. The second-order valence-corrected chi connectivity index (χ2v) is 4.56. The first-order valence-corrected chi connectivity index (χ1v) is 6.25. The highest BCUT2D eigenvalue weighted by molar-refractivity contribution is 6.31. The van der Waals surface area contributed by atoms with Crippen molar-refractivity contribution in [3.8, 4) is 0 Å². The number of halogens is 1. The first-order chi connectivity index (χ1) is 8.95. The highest BCUT2D eigenvalue weighted by Gasteiger charge is 2.13. The number of hydrogen-bond donors (Lipinski definition) is 1. The largest absolute Gasteiger partial charge is 0.330 e. The van der Waals surface area contributed by atoms with Crippen molar-refractivity contribution >= 4 is 29.1 Å². The molecular weight excluding hydrogens is 264 g/mol. The van der Waals surface area contributed by atoms with Crippen LogP contribution in [0.25, 0.3) is 0 Å². The first-order valence-electron chi connectivity index (χ1n) is 5.87. The van der Waals surface area contributed by atoms with Crippen LogP contribution in [0.15, 0.2) is 30.9 Å². The highest BCUT2D eigenvalue weighted by atomic mass is 35.5. The SMILES string of the molecule is C=CCN(CC(=O)Nc1cccc(Cl)c1C)C(C)=O. The van der Waals surface area contributed by atoms with Crippen LogP contribution in [0.3, 0.4) is 0 Å². The Labute approximate surface area is 118 Å². The molecule has 19 heavy (non-hydrogen) atoms. The molecule has 4 nitrogen and oxygen atoms in total. The lowest BCUT2D eigenvalue weighted by Gasteiger charge is -2.19. The van der Waals surface area contributed by atoms with E-state index in [4.69, 9.17) is 11.6 Å². The van der Waals surface area contributed by atoms with Gasteiger partial charge in [0.15, 0.2) is 0 Å². The molecule has 1 aromatic carbocycles. The number of benzene rings is 1. The fourth-order valence-corrected chi connectivity index (χ4v) is 1.74. The first kappa shape index (κ1) is 15.2. The molecule has 0 aliphatic carbocycles. The van der Waals surface area contributed by atoms with Crippen LogP contribution in [0.2, 0.25) is 5.02 Å². The van der Waals surface area contributed by atoms with E-state index in [-0.39, 0.29) is 18.4 Å². The van der Waals surface area contributed by atoms with E-state index >= 15 is 0 Å². The van der Waals surface area contributed by atoms with Crippen LogP contribution in [0.5, 0.6) is 0 Å². The van der Waals surface area contributed by atoms with Gasteiger partial charge in [0.1, 0.15) is 6.54 Å². The summed E-state index contributed by atoms with van der Waals surface area (Å²) in [6, 6.07) is 5.29. The number of rotatable bonds is 5. The fraction of sp³-hybridized carbons (Fsp3) is 0.286. The van der Waals surface area contributed by atoms with Crippen molar-refractivity contribution in [3.63, 3.8) is 0 Å². The van der Waals surface area contributed by atoms with Crippen molar-refractivity contribution in [1.29, 1.82) is 0 Å². The van der Waals surface area contributed by atoms with E-state index < -0.39 is 0 Å². The molecule has 1 aromatic rings. The van der Waals surface area contributed by atoms with E-state index in [1.54, 1.807) is 24.3 Å². The zero-order chi connectivity index (χ0) is 14.4. The Morgan fingerprint density at radius 3 is 2.74 bits per heavy atom. The predicted molar refractivity (Wildman–Crippen MR) is 77.3 cm³/mol. The molecule has 5 heteroatoms. The Bertz CT molecular complexity index is 500. The molecule has 2 amide bonds. The normalized spacial score (nSPS) is 9.84. The molecule has 1 rings (SSSR count). The summed E-state index contributed by atoms with van der Waals surface area (Å²) in [5.41, 5.74) is 1.45. The monoisotopic (exact) mass is 280 g/mol. The van der Waals surface area contributed by atoms with Crippen LogP contribution in [-0.2, 0) is 9.59 Å². The molecule has 0 unspecified atom stereocenters. The number of carbonyl (C=O) groups excluding carboxylic acids is 2. The maximum Gasteiger partial charge on any atom is 0.244 e. The summed E-state index contributed by atoms with van der Waals surface area (Å²) in [7, 11) is 0. The number of carbonyl (C=O) groups is 2. The van der Waals surface area contributed by atoms with Gasteiger partial charge in [-0.25, -0.2) is 0 Å². The maximum atomic E-state index is 11.9. The third-order valence-corrected chi connectivity index (χ3v) is 3.08. The summed E-state index contributed by atoms with van der Waals surface area (Å²) in [6.07, 6.45) is 1.58.